The largest absolute Gasteiger partial charge is 0.436 e. The maximum atomic E-state index is 13.0. The highest BCUT2D eigenvalue weighted by Crippen LogP contribution is 2.39. The number of imide groups is 1. The summed E-state index contributed by atoms with van der Waals surface area (Å²) in [5.41, 5.74) is 2.05. The maximum absolute atomic E-state index is 13.0. The SMILES string of the molecule is CN1C(=O)N(CC(=O)Nc2ccc(-c3nc4ccccc4o3)cc2)C(=O)C12CCCCC2. The number of carbonyl (C=O) groups excluding carboxylic acids is 3. The zero-order valence-electron chi connectivity index (χ0n) is 17.8. The second kappa shape index (κ2) is 7.78. The van der Waals surface area contributed by atoms with Gasteiger partial charge < -0.3 is 14.6 Å². The first-order valence-electron chi connectivity index (χ1n) is 10.8. The molecule has 3 aromatic rings. The van der Waals surface area contributed by atoms with E-state index < -0.39 is 17.5 Å². The molecule has 32 heavy (non-hydrogen) atoms. The van der Waals surface area contributed by atoms with Gasteiger partial charge in [0.15, 0.2) is 5.58 Å². The van der Waals surface area contributed by atoms with Gasteiger partial charge in [0.05, 0.1) is 0 Å². The van der Waals surface area contributed by atoms with Gasteiger partial charge in [-0.25, -0.2) is 9.78 Å². The van der Waals surface area contributed by atoms with Crippen molar-refractivity contribution in [3.05, 3.63) is 48.5 Å². The van der Waals surface area contributed by atoms with Crippen LogP contribution in [0.15, 0.2) is 52.9 Å². The van der Waals surface area contributed by atoms with E-state index in [-0.39, 0.29) is 12.5 Å². The van der Waals surface area contributed by atoms with Crippen LogP contribution in [-0.2, 0) is 9.59 Å². The summed E-state index contributed by atoms with van der Waals surface area (Å²) in [4.78, 5) is 45.4. The number of aromatic nitrogens is 1. The van der Waals surface area contributed by atoms with Crippen LogP contribution in [0.2, 0.25) is 0 Å². The number of oxazole rings is 1. The molecule has 1 saturated heterocycles. The quantitative estimate of drug-likeness (QED) is 0.628. The predicted octanol–water partition coefficient (Wildman–Crippen LogP) is 4.03. The number of anilines is 1. The first-order valence-corrected chi connectivity index (χ1v) is 10.8. The molecule has 0 radical (unpaired) electrons. The molecule has 5 rings (SSSR count). The first-order chi connectivity index (χ1) is 15.5. The van der Waals surface area contributed by atoms with Crippen LogP contribution in [0.4, 0.5) is 10.5 Å². The Kier molecular flexibility index (Phi) is 4.92. The zero-order valence-corrected chi connectivity index (χ0v) is 17.8. The van der Waals surface area contributed by atoms with Crippen molar-refractivity contribution < 1.29 is 18.8 Å². The van der Waals surface area contributed by atoms with Gasteiger partial charge in [0, 0.05) is 18.3 Å². The highest BCUT2D eigenvalue weighted by atomic mass is 16.3. The molecule has 1 aliphatic heterocycles. The molecule has 8 heteroatoms. The molecule has 2 aromatic carbocycles. The van der Waals surface area contributed by atoms with E-state index in [1.165, 1.54) is 4.90 Å². The summed E-state index contributed by atoms with van der Waals surface area (Å²) < 4.78 is 5.77. The monoisotopic (exact) mass is 432 g/mol. The Morgan fingerprint density at radius 1 is 1.06 bits per heavy atom. The van der Waals surface area contributed by atoms with Gasteiger partial charge in [-0.05, 0) is 49.2 Å². The third kappa shape index (κ3) is 3.32. The zero-order chi connectivity index (χ0) is 22.3. The third-order valence-corrected chi connectivity index (χ3v) is 6.50. The summed E-state index contributed by atoms with van der Waals surface area (Å²) in [6.45, 7) is -0.295. The minimum atomic E-state index is -0.781. The van der Waals surface area contributed by atoms with Crippen molar-refractivity contribution in [3.63, 3.8) is 0 Å². The summed E-state index contributed by atoms with van der Waals surface area (Å²) in [7, 11) is 1.66. The van der Waals surface area contributed by atoms with Crippen LogP contribution >= 0.6 is 0 Å². The lowest BCUT2D eigenvalue weighted by molar-refractivity contribution is -0.136. The van der Waals surface area contributed by atoms with Gasteiger partial charge >= 0.3 is 6.03 Å². The average Bonchev–Trinajstić information content (AvgIpc) is 3.32. The van der Waals surface area contributed by atoms with Gasteiger partial charge in [0.25, 0.3) is 5.91 Å². The third-order valence-electron chi connectivity index (χ3n) is 6.50. The number of urea groups is 1. The number of amides is 4. The Morgan fingerprint density at radius 3 is 2.50 bits per heavy atom. The minimum Gasteiger partial charge on any atom is -0.436 e. The van der Waals surface area contributed by atoms with Crippen molar-refractivity contribution in [3.8, 4) is 11.5 Å². The summed E-state index contributed by atoms with van der Waals surface area (Å²) in [6, 6.07) is 14.2. The van der Waals surface area contributed by atoms with Crippen LogP contribution in [0.5, 0.6) is 0 Å². The van der Waals surface area contributed by atoms with Crippen LogP contribution in [0.1, 0.15) is 32.1 Å². The Morgan fingerprint density at radius 2 is 1.78 bits per heavy atom. The molecular formula is C24H24N4O4. The molecule has 2 heterocycles. The smallest absolute Gasteiger partial charge is 0.327 e. The molecule has 4 amide bonds. The van der Waals surface area contributed by atoms with Crippen LogP contribution in [0.25, 0.3) is 22.6 Å². The molecule has 164 valence electrons. The summed E-state index contributed by atoms with van der Waals surface area (Å²) in [5, 5.41) is 2.77. The van der Waals surface area contributed by atoms with Crippen molar-refractivity contribution in [2.24, 2.45) is 0 Å². The lowest BCUT2D eigenvalue weighted by atomic mass is 9.81. The average molecular weight is 432 g/mol. The molecule has 1 saturated carbocycles. The second-order valence-corrected chi connectivity index (χ2v) is 8.44. The van der Waals surface area contributed by atoms with Gasteiger partial charge in [0.1, 0.15) is 17.6 Å². The number of fused-ring (bicyclic) bond motifs is 1. The van der Waals surface area contributed by atoms with E-state index in [9.17, 15) is 14.4 Å². The molecule has 1 N–H and O–H groups in total. The van der Waals surface area contributed by atoms with E-state index in [0.29, 0.717) is 30.0 Å². The lowest BCUT2D eigenvalue weighted by Gasteiger charge is -2.35. The standard InChI is InChI=1S/C24H24N4O4/c1-27-23(31)28(22(30)24(27)13-5-2-6-14-24)15-20(29)25-17-11-9-16(10-12-17)21-26-18-7-3-4-8-19(18)32-21/h3-4,7-12H,2,5-6,13-15H2,1H3,(H,25,29). The van der Waals surface area contributed by atoms with Crippen molar-refractivity contribution >= 4 is 34.6 Å². The molecule has 0 atom stereocenters. The van der Waals surface area contributed by atoms with Gasteiger partial charge in [-0.15, -0.1) is 0 Å². The summed E-state index contributed by atoms with van der Waals surface area (Å²) in [6.07, 6.45) is 4.20. The normalized spacial score (nSPS) is 18.0. The highest BCUT2D eigenvalue weighted by molar-refractivity contribution is 6.10. The van der Waals surface area contributed by atoms with Crippen molar-refractivity contribution in [1.82, 2.24) is 14.8 Å². The molecular weight excluding hydrogens is 408 g/mol. The molecule has 0 unspecified atom stereocenters. The maximum Gasteiger partial charge on any atom is 0.327 e. The van der Waals surface area contributed by atoms with Gasteiger partial charge in [-0.3, -0.25) is 14.5 Å². The number of para-hydroxylation sites is 2. The summed E-state index contributed by atoms with van der Waals surface area (Å²) >= 11 is 0. The molecule has 0 bridgehead atoms. The van der Waals surface area contributed by atoms with Crippen LogP contribution < -0.4 is 5.32 Å². The number of hydrogen-bond acceptors (Lipinski definition) is 5. The van der Waals surface area contributed by atoms with Crippen LogP contribution in [0, 0.1) is 0 Å². The summed E-state index contributed by atoms with van der Waals surface area (Å²) in [5.74, 6) is -0.174. The fraction of sp³-hybridized carbons (Fsp3) is 0.333. The van der Waals surface area contributed by atoms with Gasteiger partial charge in [0.2, 0.25) is 11.8 Å². The first kappa shape index (κ1) is 20.2. The molecule has 8 nitrogen and oxygen atoms in total. The molecule has 1 aromatic heterocycles. The molecule has 1 spiro atoms. The highest BCUT2D eigenvalue weighted by Gasteiger charge is 2.55. The Balaban J connectivity index is 1.26. The number of likely N-dealkylation sites (N-methyl/N-ethyl adjacent to an activating group) is 1. The van der Waals surface area contributed by atoms with E-state index in [1.807, 2.05) is 24.3 Å². The minimum absolute atomic E-state index is 0.258. The number of carbonyl (C=O) groups is 3. The number of nitrogens with zero attached hydrogens (tertiary/aromatic N) is 3. The van der Waals surface area contributed by atoms with E-state index in [0.717, 1.165) is 35.2 Å². The number of hydrogen-bond donors (Lipinski definition) is 1. The van der Waals surface area contributed by atoms with Crippen molar-refractivity contribution in [2.75, 3.05) is 18.9 Å². The molecule has 1 aliphatic carbocycles. The van der Waals surface area contributed by atoms with Gasteiger partial charge in [-0.2, -0.15) is 0 Å². The number of nitrogens with one attached hydrogen (secondary N) is 1. The van der Waals surface area contributed by atoms with E-state index in [2.05, 4.69) is 10.3 Å². The Bertz CT molecular complexity index is 1160. The Hall–Kier alpha value is -3.68. The Labute approximate surface area is 185 Å². The molecule has 2 aliphatic rings. The van der Waals surface area contributed by atoms with Gasteiger partial charge in [-0.1, -0.05) is 31.4 Å². The van der Waals surface area contributed by atoms with E-state index in [4.69, 9.17) is 4.42 Å². The fourth-order valence-corrected chi connectivity index (χ4v) is 4.71. The van der Waals surface area contributed by atoms with Crippen LogP contribution in [0.3, 0.4) is 0 Å². The predicted molar refractivity (Wildman–Crippen MR) is 119 cm³/mol. The second-order valence-electron chi connectivity index (χ2n) is 8.44. The van der Waals surface area contributed by atoms with E-state index >= 15 is 0 Å². The number of rotatable bonds is 4. The number of benzene rings is 2. The molecule has 2 fully saturated rings. The van der Waals surface area contributed by atoms with Crippen LogP contribution in [-0.4, -0.2) is 51.8 Å². The van der Waals surface area contributed by atoms with E-state index in [1.54, 1.807) is 31.3 Å². The lowest BCUT2D eigenvalue weighted by Crippen LogP contribution is -2.49. The fourth-order valence-electron chi connectivity index (χ4n) is 4.71. The van der Waals surface area contributed by atoms with Crippen molar-refractivity contribution in [2.45, 2.75) is 37.6 Å². The van der Waals surface area contributed by atoms with Crippen molar-refractivity contribution in [1.29, 1.82) is 0 Å². The topological polar surface area (TPSA) is 95.8 Å².